The van der Waals surface area contributed by atoms with Crippen LogP contribution in [0.25, 0.3) is 11.1 Å². The van der Waals surface area contributed by atoms with Crippen molar-refractivity contribution < 1.29 is 21.0 Å². The molecule has 0 N–H and O–H groups in total. The topological polar surface area (TPSA) is 0 Å². The van der Waals surface area contributed by atoms with Gasteiger partial charge < -0.3 is 0 Å². The summed E-state index contributed by atoms with van der Waals surface area (Å²) in [6.45, 7) is 4.58. The molecule has 2 aliphatic carbocycles. The molecule has 0 radical (unpaired) electrons. The molecule has 150 valence electrons. The molecule has 0 unspecified atom stereocenters. The van der Waals surface area contributed by atoms with Gasteiger partial charge in [-0.15, -0.1) is 0 Å². The fourth-order valence-corrected chi connectivity index (χ4v) is 19.1. The summed E-state index contributed by atoms with van der Waals surface area (Å²) < 4.78 is 4.23. The maximum atomic E-state index is 2.50. The molecule has 0 bridgehead atoms. The minimum absolute atomic E-state index is 0.652. The molecular weight excluding hydrogens is 547 g/mol. The third kappa shape index (κ3) is 3.74. The van der Waals surface area contributed by atoms with Crippen molar-refractivity contribution in [2.45, 2.75) is 43.2 Å². The van der Waals surface area contributed by atoms with Gasteiger partial charge >= 0.3 is 193 Å². The van der Waals surface area contributed by atoms with Crippen molar-refractivity contribution in [1.82, 2.24) is 0 Å². The summed E-state index contributed by atoms with van der Waals surface area (Å²) >= 11 is -0.391. The molecule has 2 aromatic carbocycles. The average molecular weight is 575 g/mol. The molecule has 3 aromatic rings. The second-order valence-corrected chi connectivity index (χ2v) is 19.1. The summed E-state index contributed by atoms with van der Waals surface area (Å²) in [7, 11) is 0. The Balaban J connectivity index is 1.74. The molecule has 1 aromatic heterocycles. The summed E-state index contributed by atoms with van der Waals surface area (Å²) in [6, 6.07) is 20.9. The first-order chi connectivity index (χ1) is 14.8. The van der Waals surface area contributed by atoms with Crippen molar-refractivity contribution in [3.05, 3.63) is 99.8 Å². The zero-order valence-corrected chi connectivity index (χ0v) is 22.2. The summed E-state index contributed by atoms with van der Waals surface area (Å²) in [6.07, 6.45) is 14.5. The summed E-state index contributed by atoms with van der Waals surface area (Å²) in [5, 5.41) is 0. The molecule has 0 saturated heterocycles. The number of hydrogen-bond donors (Lipinski definition) is 0. The Labute approximate surface area is 192 Å². The quantitative estimate of drug-likeness (QED) is 0.214. The molecule has 2 heteroatoms. The van der Waals surface area contributed by atoms with Gasteiger partial charge in [-0.2, -0.15) is 0 Å². The molecule has 30 heavy (non-hydrogen) atoms. The van der Waals surface area contributed by atoms with Gasteiger partial charge in [-0.1, -0.05) is 0 Å². The Kier molecular flexibility index (Phi) is 5.98. The number of thiophene rings is 1. The predicted octanol–water partition coefficient (Wildman–Crippen LogP) is 7.20. The number of benzene rings is 2. The van der Waals surface area contributed by atoms with Gasteiger partial charge in [0.05, 0.1) is 0 Å². The Morgan fingerprint density at radius 2 is 1.77 bits per heavy atom. The van der Waals surface area contributed by atoms with Gasteiger partial charge in [0.15, 0.2) is 0 Å². The fourth-order valence-electron chi connectivity index (χ4n) is 4.92. The van der Waals surface area contributed by atoms with Gasteiger partial charge in [0, 0.05) is 0 Å². The van der Waals surface area contributed by atoms with E-state index in [0.717, 1.165) is 6.42 Å². The molecule has 0 atom stereocenters. The Hall–Kier alpha value is -1.64. The first-order valence-electron chi connectivity index (χ1n) is 11.1. The molecule has 0 amide bonds. The Morgan fingerprint density at radius 3 is 2.53 bits per heavy atom. The van der Waals surface area contributed by atoms with E-state index < -0.39 is 21.0 Å². The molecule has 0 nitrogen and oxygen atoms in total. The molecule has 0 spiro atoms. The van der Waals surface area contributed by atoms with Crippen molar-refractivity contribution in [2.24, 2.45) is 0 Å². The van der Waals surface area contributed by atoms with Gasteiger partial charge in [-0.25, -0.2) is 0 Å². The van der Waals surface area contributed by atoms with E-state index in [1.54, 1.807) is 13.8 Å². The number of unbranched alkanes of at least 4 members (excludes halogenated alkanes) is 1. The molecule has 2 aliphatic rings. The van der Waals surface area contributed by atoms with Crippen molar-refractivity contribution in [3.63, 3.8) is 0 Å². The maximum absolute atomic E-state index is 2.50. The van der Waals surface area contributed by atoms with E-state index in [2.05, 4.69) is 92.7 Å². The second kappa shape index (κ2) is 8.85. The SMILES string of the molecule is CCCC[C](c1ccc(C)s1)=[Hf]([c]1cccc2c1Cc1ccccc1-2)[CH]1C=CC=C1. The van der Waals surface area contributed by atoms with Crippen molar-refractivity contribution in [1.29, 1.82) is 0 Å². The standard InChI is InChI=1S/C13H9.C10H14S.C5H5.Hf/c1-3-7-12-10(5-1)9-11-6-2-4-8-13(11)12;1-3-4-5-6-10-8-7-9(2)11-10;1-2-4-5-3-1;/h1-5,7-8H,9H2;7-8H,3-5H2,1-2H3;1-5H;. The van der Waals surface area contributed by atoms with E-state index in [0.29, 0.717) is 3.67 Å². The van der Waals surface area contributed by atoms with Gasteiger partial charge in [0.2, 0.25) is 0 Å². The average Bonchev–Trinajstić information content (AvgIpc) is 3.51. The van der Waals surface area contributed by atoms with Crippen molar-refractivity contribution in [3.8, 4) is 11.1 Å². The summed E-state index contributed by atoms with van der Waals surface area (Å²) in [5.41, 5.74) is 6.09. The minimum atomic E-state index is -2.41. The Morgan fingerprint density at radius 1 is 0.967 bits per heavy atom. The van der Waals surface area contributed by atoms with Crippen LogP contribution in [0.2, 0.25) is 3.67 Å². The second-order valence-electron chi connectivity index (χ2n) is 8.37. The van der Waals surface area contributed by atoms with E-state index in [1.165, 1.54) is 40.8 Å². The van der Waals surface area contributed by atoms with Crippen LogP contribution in [0.4, 0.5) is 0 Å². The fraction of sp³-hybridized carbons (Fsp3) is 0.250. The zero-order valence-electron chi connectivity index (χ0n) is 17.8. The van der Waals surface area contributed by atoms with Crippen molar-refractivity contribution >= 4 is 17.9 Å². The van der Waals surface area contributed by atoms with Crippen molar-refractivity contribution in [2.75, 3.05) is 0 Å². The third-order valence-corrected chi connectivity index (χ3v) is 19.8. The summed E-state index contributed by atoms with van der Waals surface area (Å²) in [4.78, 5) is 3.01. The van der Waals surface area contributed by atoms with E-state index in [4.69, 9.17) is 0 Å². The number of hydrogen-bond acceptors (Lipinski definition) is 1. The van der Waals surface area contributed by atoms with Crippen LogP contribution in [0.15, 0.2) is 78.9 Å². The van der Waals surface area contributed by atoms with Crippen LogP contribution in [0.5, 0.6) is 0 Å². The van der Waals surface area contributed by atoms with E-state index in [9.17, 15) is 0 Å². The van der Waals surface area contributed by atoms with Gasteiger partial charge in [-0.05, 0) is 0 Å². The normalized spacial score (nSPS) is 15.4. The molecule has 0 aliphatic heterocycles. The molecule has 1 heterocycles. The third-order valence-electron chi connectivity index (χ3n) is 6.37. The van der Waals surface area contributed by atoms with Crippen LogP contribution in [-0.4, -0.2) is 3.26 Å². The monoisotopic (exact) mass is 576 g/mol. The number of rotatable bonds is 6. The van der Waals surface area contributed by atoms with Gasteiger partial charge in [0.25, 0.3) is 0 Å². The first kappa shape index (κ1) is 20.3. The van der Waals surface area contributed by atoms with Crippen LogP contribution >= 0.6 is 11.3 Å². The molecule has 0 fully saturated rings. The van der Waals surface area contributed by atoms with E-state index in [1.807, 2.05) is 14.6 Å². The van der Waals surface area contributed by atoms with Crippen LogP contribution in [0, 0.1) is 6.92 Å². The number of aryl methyl sites for hydroxylation is 1. The number of fused-ring (bicyclic) bond motifs is 3. The van der Waals surface area contributed by atoms with Crippen LogP contribution in [-0.2, 0) is 27.4 Å². The molecule has 0 saturated carbocycles. The van der Waals surface area contributed by atoms with Crippen LogP contribution < -0.4 is 3.32 Å². The van der Waals surface area contributed by atoms with Crippen LogP contribution in [0.3, 0.4) is 0 Å². The van der Waals surface area contributed by atoms with Crippen LogP contribution in [0.1, 0.15) is 47.1 Å². The number of allylic oxidation sites excluding steroid dienone is 4. The Bertz CT molecular complexity index is 1160. The summed E-state index contributed by atoms with van der Waals surface area (Å²) in [5.74, 6) is 0. The molecular formula is C28H28HfS. The van der Waals surface area contributed by atoms with Gasteiger partial charge in [0.1, 0.15) is 0 Å². The predicted molar refractivity (Wildman–Crippen MR) is 129 cm³/mol. The molecule has 5 rings (SSSR count). The van der Waals surface area contributed by atoms with Gasteiger partial charge in [-0.3, -0.25) is 0 Å². The first-order valence-corrected chi connectivity index (χ1v) is 17.6. The van der Waals surface area contributed by atoms with E-state index in [-0.39, 0.29) is 0 Å². The van der Waals surface area contributed by atoms with E-state index >= 15 is 0 Å². The zero-order chi connectivity index (χ0) is 20.5.